The SMILES string of the molecule is CCS(=O)(=O)c1ccc(CNC(=O)c2ccc(N3CC(c4ccc(C(F)(F)F)cc4)CC[C@H]3COC(F)F)nc2)cc1. The fourth-order valence-electron chi connectivity index (χ4n) is 4.84. The van der Waals surface area contributed by atoms with Gasteiger partial charge in [-0.25, -0.2) is 13.4 Å². The normalized spacial score (nSPS) is 17.8. The number of carbonyl (C=O) groups excluding carboxylic acids is 1. The van der Waals surface area contributed by atoms with Crippen LogP contribution in [-0.2, 0) is 27.3 Å². The van der Waals surface area contributed by atoms with Crippen LogP contribution in [0.3, 0.4) is 0 Å². The summed E-state index contributed by atoms with van der Waals surface area (Å²) in [5.74, 6) is -0.186. The summed E-state index contributed by atoms with van der Waals surface area (Å²) in [6.07, 6.45) is -2.09. The number of amides is 1. The molecule has 226 valence electrons. The van der Waals surface area contributed by atoms with Gasteiger partial charge in [0.15, 0.2) is 9.84 Å². The highest BCUT2D eigenvalue weighted by Crippen LogP contribution is 2.35. The molecular weight excluding hydrogens is 581 g/mol. The summed E-state index contributed by atoms with van der Waals surface area (Å²) in [5, 5.41) is 2.75. The molecule has 0 bridgehead atoms. The predicted molar refractivity (Wildman–Crippen MR) is 146 cm³/mol. The Bertz CT molecular complexity index is 1450. The van der Waals surface area contributed by atoms with Crippen molar-refractivity contribution in [3.63, 3.8) is 0 Å². The number of nitrogens with one attached hydrogen (secondary N) is 1. The van der Waals surface area contributed by atoms with Gasteiger partial charge in [0, 0.05) is 25.2 Å². The number of hydrogen-bond acceptors (Lipinski definition) is 6. The second kappa shape index (κ2) is 13.2. The van der Waals surface area contributed by atoms with Gasteiger partial charge in [0.1, 0.15) is 5.82 Å². The van der Waals surface area contributed by atoms with E-state index < -0.39 is 40.1 Å². The van der Waals surface area contributed by atoms with E-state index in [1.807, 2.05) is 0 Å². The van der Waals surface area contributed by atoms with Gasteiger partial charge in [-0.15, -0.1) is 0 Å². The van der Waals surface area contributed by atoms with E-state index in [4.69, 9.17) is 0 Å². The van der Waals surface area contributed by atoms with E-state index in [1.54, 1.807) is 36.1 Å². The van der Waals surface area contributed by atoms with Crippen LogP contribution in [0.15, 0.2) is 71.8 Å². The molecule has 1 aromatic heterocycles. The first kappa shape index (κ1) is 31.4. The number of rotatable bonds is 10. The third-order valence-electron chi connectivity index (χ3n) is 7.25. The van der Waals surface area contributed by atoms with E-state index in [-0.39, 0.29) is 35.3 Å². The molecule has 2 atom stereocenters. The number of alkyl halides is 5. The molecule has 1 aliphatic heterocycles. The summed E-state index contributed by atoms with van der Waals surface area (Å²) < 4.78 is 93.1. The van der Waals surface area contributed by atoms with E-state index in [9.17, 15) is 35.2 Å². The number of piperidine rings is 1. The van der Waals surface area contributed by atoms with Crippen LogP contribution in [0, 0.1) is 0 Å². The lowest BCUT2D eigenvalue weighted by Crippen LogP contribution is -2.46. The van der Waals surface area contributed by atoms with Gasteiger partial charge < -0.3 is 15.0 Å². The predicted octanol–water partition coefficient (Wildman–Crippen LogP) is 5.82. The minimum absolute atomic E-state index is 0.0147. The molecule has 4 rings (SSSR count). The first-order chi connectivity index (χ1) is 19.9. The van der Waals surface area contributed by atoms with Crippen molar-refractivity contribution in [2.75, 3.05) is 23.8 Å². The zero-order valence-corrected chi connectivity index (χ0v) is 23.5. The summed E-state index contributed by atoms with van der Waals surface area (Å²) in [6, 6.07) is 13.8. The van der Waals surface area contributed by atoms with Gasteiger partial charge in [-0.05, 0) is 60.4 Å². The first-order valence-electron chi connectivity index (χ1n) is 13.3. The molecule has 1 unspecified atom stereocenters. The number of benzene rings is 2. The molecule has 1 fully saturated rings. The Hall–Kier alpha value is -3.58. The minimum atomic E-state index is -4.45. The van der Waals surface area contributed by atoms with Gasteiger partial charge in [0.05, 0.1) is 34.4 Å². The van der Waals surface area contributed by atoms with Crippen molar-refractivity contribution in [1.82, 2.24) is 10.3 Å². The first-order valence-corrected chi connectivity index (χ1v) is 14.9. The average molecular weight is 612 g/mol. The molecule has 2 heterocycles. The second-order valence-corrected chi connectivity index (χ2v) is 12.2. The summed E-state index contributed by atoms with van der Waals surface area (Å²) in [7, 11) is -3.33. The molecule has 1 saturated heterocycles. The zero-order valence-electron chi connectivity index (χ0n) is 22.7. The van der Waals surface area contributed by atoms with Crippen LogP contribution in [0.1, 0.15) is 52.7 Å². The second-order valence-electron chi connectivity index (χ2n) is 9.93. The summed E-state index contributed by atoms with van der Waals surface area (Å²) >= 11 is 0. The van der Waals surface area contributed by atoms with E-state index in [1.165, 1.54) is 30.5 Å². The Morgan fingerprint density at radius 1 is 1.05 bits per heavy atom. The highest BCUT2D eigenvalue weighted by molar-refractivity contribution is 7.91. The van der Waals surface area contributed by atoms with E-state index >= 15 is 0 Å². The van der Waals surface area contributed by atoms with Gasteiger partial charge in [0.25, 0.3) is 5.91 Å². The Kier molecular flexibility index (Phi) is 9.82. The molecule has 1 aliphatic rings. The Morgan fingerprint density at radius 3 is 2.31 bits per heavy atom. The van der Waals surface area contributed by atoms with E-state index in [2.05, 4.69) is 15.0 Å². The van der Waals surface area contributed by atoms with Gasteiger partial charge >= 0.3 is 12.8 Å². The molecule has 1 N–H and O–H groups in total. The number of hydrogen-bond donors (Lipinski definition) is 1. The van der Waals surface area contributed by atoms with Gasteiger partial charge in [0.2, 0.25) is 0 Å². The van der Waals surface area contributed by atoms with Crippen molar-refractivity contribution in [2.45, 2.75) is 56.0 Å². The smallest absolute Gasteiger partial charge is 0.351 e. The van der Waals surface area contributed by atoms with Crippen molar-refractivity contribution in [1.29, 1.82) is 0 Å². The number of sulfone groups is 1. The largest absolute Gasteiger partial charge is 0.416 e. The van der Waals surface area contributed by atoms with Crippen LogP contribution in [0.4, 0.5) is 27.8 Å². The molecule has 0 radical (unpaired) electrons. The van der Waals surface area contributed by atoms with Crippen molar-refractivity contribution in [3.8, 4) is 0 Å². The molecule has 7 nitrogen and oxygen atoms in total. The highest BCUT2D eigenvalue weighted by Gasteiger charge is 2.33. The minimum Gasteiger partial charge on any atom is -0.351 e. The van der Waals surface area contributed by atoms with Gasteiger partial charge in [-0.3, -0.25) is 4.79 Å². The van der Waals surface area contributed by atoms with Crippen molar-refractivity contribution in [2.24, 2.45) is 0 Å². The quantitative estimate of drug-likeness (QED) is 0.291. The number of anilines is 1. The maximum atomic E-state index is 13.0. The number of pyridine rings is 1. The Morgan fingerprint density at radius 2 is 1.74 bits per heavy atom. The lowest BCUT2D eigenvalue weighted by molar-refractivity contribution is -0.137. The fourth-order valence-corrected chi connectivity index (χ4v) is 5.72. The van der Waals surface area contributed by atoms with Crippen LogP contribution >= 0.6 is 0 Å². The molecule has 2 aromatic carbocycles. The monoisotopic (exact) mass is 611 g/mol. The molecule has 42 heavy (non-hydrogen) atoms. The summed E-state index contributed by atoms with van der Waals surface area (Å²) in [4.78, 5) is 19.1. The topological polar surface area (TPSA) is 88.6 Å². The van der Waals surface area contributed by atoms with Crippen LogP contribution in [0.5, 0.6) is 0 Å². The van der Waals surface area contributed by atoms with Gasteiger partial charge in [-0.2, -0.15) is 22.0 Å². The van der Waals surface area contributed by atoms with E-state index in [0.29, 0.717) is 36.3 Å². The molecule has 0 spiro atoms. The number of aromatic nitrogens is 1. The molecule has 0 aliphatic carbocycles. The summed E-state index contributed by atoms with van der Waals surface area (Å²) in [6.45, 7) is -1.19. The third-order valence-corrected chi connectivity index (χ3v) is 9.00. The van der Waals surface area contributed by atoms with Crippen molar-refractivity contribution in [3.05, 3.63) is 89.1 Å². The fraction of sp³-hybridized carbons (Fsp3) is 0.379. The van der Waals surface area contributed by atoms with Crippen LogP contribution < -0.4 is 10.2 Å². The Labute approximate surface area is 240 Å². The lowest BCUT2D eigenvalue weighted by atomic mass is 9.87. The number of ether oxygens (including phenoxy) is 1. The molecule has 13 heteroatoms. The number of carbonyl (C=O) groups is 1. The standard InChI is InChI=1S/C29H30F5N3O4S/c1-2-42(39,40)25-12-3-19(4-13-25)15-36-27(38)21-8-14-26(35-16-21)37-17-22(7-11-24(37)18-41-28(30)31)20-5-9-23(10-6-20)29(32,33)34/h3-6,8-10,12-14,16,22,24,28H,2,7,11,15,17-18H2,1H3,(H,36,38)/t22?,24-/m0/s1. The maximum Gasteiger partial charge on any atom is 0.416 e. The summed E-state index contributed by atoms with van der Waals surface area (Å²) in [5.41, 5.74) is 0.893. The van der Waals surface area contributed by atoms with Crippen LogP contribution in [-0.4, -0.2) is 50.9 Å². The maximum absolute atomic E-state index is 13.0. The van der Waals surface area contributed by atoms with Crippen LogP contribution in [0.2, 0.25) is 0 Å². The van der Waals surface area contributed by atoms with Crippen molar-refractivity contribution < 1.29 is 39.9 Å². The third kappa shape index (κ3) is 7.82. The number of halogens is 5. The van der Waals surface area contributed by atoms with Crippen molar-refractivity contribution >= 4 is 21.6 Å². The number of nitrogens with zero attached hydrogens (tertiary/aromatic N) is 2. The average Bonchev–Trinajstić information content (AvgIpc) is 2.98. The Balaban J connectivity index is 1.44. The molecule has 0 saturated carbocycles. The highest BCUT2D eigenvalue weighted by atomic mass is 32.2. The molecular formula is C29H30F5N3O4S. The molecule has 3 aromatic rings. The zero-order chi connectivity index (χ0) is 30.5. The molecule has 1 amide bonds. The van der Waals surface area contributed by atoms with Crippen LogP contribution in [0.25, 0.3) is 0 Å². The lowest BCUT2D eigenvalue weighted by Gasteiger charge is -2.40. The van der Waals surface area contributed by atoms with E-state index in [0.717, 1.165) is 12.1 Å². The van der Waals surface area contributed by atoms with Gasteiger partial charge in [-0.1, -0.05) is 31.2 Å².